The van der Waals surface area contributed by atoms with Crippen LogP contribution < -0.4 is 5.43 Å². The van der Waals surface area contributed by atoms with Crippen molar-refractivity contribution in [1.29, 1.82) is 0 Å². The third-order valence-electron chi connectivity index (χ3n) is 4.07. The zero-order chi connectivity index (χ0) is 22.8. The SMILES string of the molecule is CCCCNN=CC(C(=O)OCCCC)=C(O)c1c(F)c(C)c(F)c(F)c1[N+](=O)[O-]. The molecule has 166 valence electrons. The van der Waals surface area contributed by atoms with E-state index in [1.165, 1.54) is 0 Å². The van der Waals surface area contributed by atoms with Gasteiger partial charge in [0, 0.05) is 12.1 Å². The molecule has 0 amide bonds. The molecule has 1 rings (SSSR count). The number of benzene rings is 1. The van der Waals surface area contributed by atoms with Crippen molar-refractivity contribution in [1.82, 2.24) is 5.43 Å². The lowest BCUT2D eigenvalue weighted by Gasteiger charge is -2.11. The molecule has 2 N–H and O–H groups in total. The van der Waals surface area contributed by atoms with E-state index in [1.54, 1.807) is 0 Å². The van der Waals surface area contributed by atoms with Gasteiger partial charge in [0.2, 0.25) is 5.82 Å². The standard InChI is InChI=1S/C19H24F3N3O5/c1-4-6-8-23-24-10-12(19(27)30-9-7-5-2)18(26)13-14(20)11(3)15(21)16(22)17(13)25(28)29/h10,23,26H,4-9H2,1-3H3. The Hall–Kier alpha value is -3.11. The van der Waals surface area contributed by atoms with Crippen LogP contribution in [0.25, 0.3) is 5.76 Å². The fraction of sp³-hybridized carbons (Fsp3) is 0.474. The van der Waals surface area contributed by atoms with Crippen LogP contribution in [0.4, 0.5) is 18.9 Å². The molecule has 1 aromatic rings. The second-order valence-electron chi connectivity index (χ2n) is 6.32. The van der Waals surface area contributed by atoms with Crippen LogP contribution in [0.5, 0.6) is 0 Å². The monoisotopic (exact) mass is 431 g/mol. The topological polar surface area (TPSA) is 114 Å². The molecule has 0 atom stereocenters. The van der Waals surface area contributed by atoms with Crippen LogP contribution in [-0.2, 0) is 9.53 Å². The van der Waals surface area contributed by atoms with Gasteiger partial charge in [-0.25, -0.2) is 13.6 Å². The Balaban J connectivity index is 3.60. The number of nitro groups is 1. The van der Waals surface area contributed by atoms with E-state index in [2.05, 4.69) is 10.5 Å². The first-order chi connectivity index (χ1) is 14.2. The van der Waals surface area contributed by atoms with Gasteiger partial charge >= 0.3 is 11.7 Å². The van der Waals surface area contributed by atoms with Gasteiger partial charge in [0.1, 0.15) is 22.7 Å². The summed E-state index contributed by atoms with van der Waals surface area (Å²) in [7, 11) is 0. The average molecular weight is 431 g/mol. The molecule has 0 heterocycles. The molecule has 0 aromatic heterocycles. The number of nitro benzene ring substituents is 1. The molecule has 0 aliphatic rings. The number of unbranched alkanes of at least 4 members (excludes halogenated alkanes) is 2. The van der Waals surface area contributed by atoms with Crippen LogP contribution in [0.15, 0.2) is 10.7 Å². The number of aliphatic hydroxyl groups is 1. The summed E-state index contributed by atoms with van der Waals surface area (Å²) in [5, 5.41) is 25.4. The number of nitrogens with one attached hydrogen (secondary N) is 1. The van der Waals surface area contributed by atoms with Gasteiger partial charge < -0.3 is 15.3 Å². The number of rotatable bonds is 11. The Kier molecular flexibility index (Phi) is 9.79. The number of hydrazone groups is 1. The van der Waals surface area contributed by atoms with E-state index >= 15 is 0 Å². The zero-order valence-corrected chi connectivity index (χ0v) is 16.9. The molecule has 11 heteroatoms. The lowest BCUT2D eigenvalue weighted by molar-refractivity contribution is -0.388. The minimum Gasteiger partial charge on any atom is -0.506 e. The summed E-state index contributed by atoms with van der Waals surface area (Å²) in [6, 6.07) is 0. The largest absolute Gasteiger partial charge is 0.506 e. The third-order valence-corrected chi connectivity index (χ3v) is 4.07. The first-order valence-electron chi connectivity index (χ1n) is 9.36. The van der Waals surface area contributed by atoms with E-state index in [0.29, 0.717) is 19.4 Å². The molecule has 0 spiro atoms. The maximum Gasteiger partial charge on any atom is 0.343 e. The molecule has 0 unspecified atom stereocenters. The normalized spacial score (nSPS) is 12.1. The van der Waals surface area contributed by atoms with Crippen LogP contribution in [-0.4, -0.2) is 35.4 Å². The Morgan fingerprint density at radius 1 is 1.20 bits per heavy atom. The van der Waals surface area contributed by atoms with Crippen molar-refractivity contribution in [2.45, 2.75) is 46.5 Å². The van der Waals surface area contributed by atoms with Gasteiger partial charge in [-0.05, 0) is 19.8 Å². The van der Waals surface area contributed by atoms with Gasteiger partial charge in [-0.3, -0.25) is 10.1 Å². The van der Waals surface area contributed by atoms with E-state index in [-0.39, 0.29) is 6.61 Å². The van der Waals surface area contributed by atoms with E-state index in [1.807, 2.05) is 13.8 Å². The highest BCUT2D eigenvalue weighted by molar-refractivity contribution is 6.15. The maximum atomic E-state index is 14.6. The van der Waals surface area contributed by atoms with Gasteiger partial charge in [0.05, 0.1) is 17.7 Å². The molecule has 0 fully saturated rings. The Morgan fingerprint density at radius 3 is 2.40 bits per heavy atom. The molecule has 0 aliphatic carbocycles. The van der Waals surface area contributed by atoms with Gasteiger partial charge in [-0.1, -0.05) is 26.7 Å². The molecule has 30 heavy (non-hydrogen) atoms. The number of hydrogen-bond donors (Lipinski definition) is 2. The third kappa shape index (κ3) is 5.94. The molecular weight excluding hydrogens is 407 g/mol. The Morgan fingerprint density at radius 2 is 1.83 bits per heavy atom. The number of aliphatic hydroxyl groups excluding tert-OH is 1. The van der Waals surface area contributed by atoms with Crippen LogP contribution >= 0.6 is 0 Å². The van der Waals surface area contributed by atoms with Crippen molar-refractivity contribution in [2.75, 3.05) is 13.2 Å². The first-order valence-corrected chi connectivity index (χ1v) is 9.36. The molecule has 8 nitrogen and oxygen atoms in total. The summed E-state index contributed by atoms with van der Waals surface area (Å²) in [6.07, 6.45) is 3.56. The molecule has 0 bridgehead atoms. The lowest BCUT2D eigenvalue weighted by Crippen LogP contribution is -2.16. The van der Waals surface area contributed by atoms with E-state index < -0.39 is 56.5 Å². The number of carbonyl (C=O) groups is 1. The van der Waals surface area contributed by atoms with Crippen molar-refractivity contribution in [3.63, 3.8) is 0 Å². The molecule has 0 saturated carbocycles. The van der Waals surface area contributed by atoms with E-state index in [9.17, 15) is 33.2 Å². The molecule has 0 saturated heterocycles. The molecule has 0 aliphatic heterocycles. The minimum atomic E-state index is -1.96. The van der Waals surface area contributed by atoms with Crippen LogP contribution in [0.1, 0.15) is 50.7 Å². The molecule has 1 aromatic carbocycles. The van der Waals surface area contributed by atoms with E-state index in [0.717, 1.165) is 26.0 Å². The summed E-state index contributed by atoms with van der Waals surface area (Å²) in [6.45, 7) is 4.99. The van der Waals surface area contributed by atoms with Crippen molar-refractivity contribution in [2.24, 2.45) is 5.10 Å². The second-order valence-corrected chi connectivity index (χ2v) is 6.32. The number of esters is 1. The maximum absolute atomic E-state index is 14.6. The quantitative estimate of drug-likeness (QED) is 0.0789. The highest BCUT2D eigenvalue weighted by Crippen LogP contribution is 2.35. The van der Waals surface area contributed by atoms with Crippen molar-refractivity contribution >= 4 is 23.6 Å². The van der Waals surface area contributed by atoms with Gasteiger partial charge in [0.15, 0.2) is 5.82 Å². The average Bonchev–Trinajstić information content (AvgIpc) is 2.70. The zero-order valence-electron chi connectivity index (χ0n) is 16.9. The summed E-state index contributed by atoms with van der Waals surface area (Å²) in [4.78, 5) is 22.2. The number of nitrogens with zero attached hydrogens (tertiary/aromatic N) is 2. The van der Waals surface area contributed by atoms with Crippen molar-refractivity contribution < 1.29 is 32.7 Å². The predicted octanol–water partition coefficient (Wildman–Crippen LogP) is 4.31. The number of hydrogen-bond acceptors (Lipinski definition) is 7. The first kappa shape index (κ1) is 24.9. The summed E-state index contributed by atoms with van der Waals surface area (Å²) in [5.74, 6) is -7.75. The van der Waals surface area contributed by atoms with Crippen LogP contribution in [0.3, 0.4) is 0 Å². The minimum absolute atomic E-state index is 0.0371. The van der Waals surface area contributed by atoms with Gasteiger partial charge in [0.25, 0.3) is 0 Å². The highest BCUT2D eigenvalue weighted by Gasteiger charge is 2.35. The number of halogens is 3. The summed E-state index contributed by atoms with van der Waals surface area (Å²) >= 11 is 0. The fourth-order valence-electron chi connectivity index (χ4n) is 2.32. The van der Waals surface area contributed by atoms with Crippen molar-refractivity contribution in [3.05, 3.63) is 44.3 Å². The number of ether oxygens (including phenoxy) is 1. The fourth-order valence-corrected chi connectivity index (χ4v) is 2.32. The van der Waals surface area contributed by atoms with Crippen LogP contribution in [0.2, 0.25) is 0 Å². The number of carbonyl (C=O) groups excluding carboxylic acids is 1. The molecule has 0 radical (unpaired) electrons. The van der Waals surface area contributed by atoms with Gasteiger partial charge in [-0.15, -0.1) is 0 Å². The Bertz CT molecular complexity index is 857. The summed E-state index contributed by atoms with van der Waals surface area (Å²) < 4.78 is 47.5. The predicted molar refractivity (Wildman–Crippen MR) is 105 cm³/mol. The van der Waals surface area contributed by atoms with Crippen LogP contribution in [0, 0.1) is 34.5 Å². The smallest absolute Gasteiger partial charge is 0.343 e. The van der Waals surface area contributed by atoms with Gasteiger partial charge in [-0.2, -0.15) is 9.49 Å². The molecular formula is C19H24F3N3O5. The highest BCUT2D eigenvalue weighted by atomic mass is 19.2. The lowest BCUT2D eigenvalue weighted by atomic mass is 10.0. The van der Waals surface area contributed by atoms with E-state index in [4.69, 9.17) is 4.74 Å². The van der Waals surface area contributed by atoms with Crippen molar-refractivity contribution in [3.8, 4) is 0 Å². The Labute approximate surface area is 171 Å². The summed E-state index contributed by atoms with van der Waals surface area (Å²) in [5.41, 5.74) is -1.96. The second kappa shape index (κ2) is 11.8.